The molecule has 0 bridgehead atoms. The van der Waals surface area contributed by atoms with E-state index in [9.17, 15) is 4.79 Å². The van der Waals surface area contributed by atoms with E-state index in [1.807, 2.05) is 25.1 Å². The molecule has 1 atom stereocenters. The number of benzene rings is 1. The molecule has 0 aromatic heterocycles. The van der Waals surface area contributed by atoms with Crippen LogP contribution in [0, 0.1) is 0 Å². The molecule has 0 amide bonds. The molecule has 0 saturated carbocycles. The number of anilines is 1. The summed E-state index contributed by atoms with van der Waals surface area (Å²) in [5, 5.41) is 3.86. The minimum absolute atomic E-state index is 0.234. The van der Waals surface area contributed by atoms with Crippen molar-refractivity contribution in [2.24, 2.45) is 0 Å². The molecule has 4 heteroatoms. The van der Waals surface area contributed by atoms with Crippen LogP contribution in [0.2, 0.25) is 5.02 Å². The van der Waals surface area contributed by atoms with Gasteiger partial charge in [-0.05, 0) is 18.1 Å². The van der Waals surface area contributed by atoms with Crippen LogP contribution in [0.5, 0.6) is 0 Å². The Morgan fingerprint density at radius 1 is 1.62 bits per heavy atom. The minimum Gasteiger partial charge on any atom is -0.467 e. The van der Waals surface area contributed by atoms with Crippen LogP contribution >= 0.6 is 11.6 Å². The maximum Gasteiger partial charge on any atom is 0.331 e. The van der Waals surface area contributed by atoms with E-state index in [0.717, 1.165) is 11.3 Å². The van der Waals surface area contributed by atoms with Gasteiger partial charge < -0.3 is 10.1 Å². The molecule has 0 saturated heterocycles. The summed E-state index contributed by atoms with van der Waals surface area (Å²) < 4.78 is 4.85. The number of hydrogen-bond acceptors (Lipinski definition) is 3. The van der Waals surface area contributed by atoms with Crippen molar-refractivity contribution in [3.63, 3.8) is 0 Å². The number of hydrogen-bond donors (Lipinski definition) is 1. The summed E-state index contributed by atoms with van der Waals surface area (Å²) in [5.41, 5.74) is 1.28. The number of para-hydroxylation sites is 1. The van der Waals surface area contributed by atoms with Crippen molar-refractivity contribution < 1.29 is 9.53 Å². The highest BCUT2D eigenvalue weighted by molar-refractivity contribution is 6.33. The van der Waals surface area contributed by atoms with Gasteiger partial charge in [-0.15, -0.1) is 0 Å². The lowest BCUT2D eigenvalue weighted by Crippen LogP contribution is -2.45. The van der Waals surface area contributed by atoms with E-state index in [1.165, 1.54) is 7.11 Å². The standard InChI is InChI=1S/C12H14ClNO2/c1-3-12(11(15)16-2)7-8-5-4-6-9(13)10(8)14-12/h4-6,14H,3,7H2,1-2H3. The molecule has 1 aliphatic rings. The summed E-state index contributed by atoms with van der Waals surface area (Å²) in [4.78, 5) is 11.8. The Bertz CT molecular complexity index is 433. The maximum absolute atomic E-state index is 11.8. The number of ether oxygens (including phenoxy) is 1. The molecule has 1 N–H and O–H groups in total. The molecule has 1 aromatic carbocycles. The molecule has 1 aliphatic heterocycles. The Hall–Kier alpha value is -1.22. The second-order valence-corrected chi connectivity index (χ2v) is 4.41. The lowest BCUT2D eigenvalue weighted by molar-refractivity contribution is -0.145. The van der Waals surface area contributed by atoms with Gasteiger partial charge in [0.15, 0.2) is 0 Å². The van der Waals surface area contributed by atoms with E-state index in [1.54, 1.807) is 0 Å². The van der Waals surface area contributed by atoms with Gasteiger partial charge >= 0.3 is 5.97 Å². The number of carbonyl (C=O) groups excluding carboxylic acids is 1. The predicted molar refractivity (Wildman–Crippen MR) is 63.8 cm³/mol. The molecule has 0 radical (unpaired) electrons. The Balaban J connectivity index is 2.39. The fourth-order valence-electron chi connectivity index (χ4n) is 2.14. The third kappa shape index (κ3) is 1.55. The molecule has 86 valence electrons. The zero-order valence-electron chi connectivity index (χ0n) is 9.34. The number of nitrogens with one attached hydrogen (secondary N) is 1. The first-order chi connectivity index (χ1) is 7.63. The predicted octanol–water partition coefficient (Wildman–Crippen LogP) is 2.63. The summed E-state index contributed by atoms with van der Waals surface area (Å²) in [5.74, 6) is -0.234. The van der Waals surface area contributed by atoms with Gasteiger partial charge in [0.05, 0.1) is 17.8 Å². The summed E-state index contributed by atoms with van der Waals surface area (Å²) in [7, 11) is 1.41. The zero-order valence-corrected chi connectivity index (χ0v) is 10.1. The van der Waals surface area contributed by atoms with E-state index >= 15 is 0 Å². The van der Waals surface area contributed by atoms with E-state index in [0.29, 0.717) is 17.9 Å². The van der Waals surface area contributed by atoms with Gasteiger partial charge in [-0.1, -0.05) is 30.7 Å². The maximum atomic E-state index is 11.8. The van der Waals surface area contributed by atoms with Crippen LogP contribution in [0.25, 0.3) is 0 Å². The lowest BCUT2D eigenvalue weighted by Gasteiger charge is -2.25. The Morgan fingerprint density at radius 2 is 2.38 bits per heavy atom. The number of esters is 1. The second kappa shape index (κ2) is 3.98. The Kier molecular flexibility index (Phi) is 2.80. The van der Waals surface area contributed by atoms with Crippen LogP contribution in [0.4, 0.5) is 5.69 Å². The lowest BCUT2D eigenvalue weighted by atomic mass is 9.92. The number of fused-ring (bicyclic) bond motifs is 1. The minimum atomic E-state index is -0.651. The van der Waals surface area contributed by atoms with Crippen LogP contribution in [-0.2, 0) is 16.0 Å². The first-order valence-corrected chi connectivity index (χ1v) is 5.65. The molecule has 2 rings (SSSR count). The average molecular weight is 240 g/mol. The summed E-state index contributed by atoms with van der Waals surface area (Å²) >= 11 is 6.09. The molecule has 1 aromatic rings. The monoisotopic (exact) mass is 239 g/mol. The van der Waals surface area contributed by atoms with Crippen molar-refractivity contribution in [1.29, 1.82) is 0 Å². The fourth-order valence-corrected chi connectivity index (χ4v) is 2.38. The molecule has 1 unspecified atom stereocenters. The van der Waals surface area contributed by atoms with Gasteiger partial charge in [-0.3, -0.25) is 0 Å². The SMILES string of the molecule is CCC1(C(=O)OC)Cc2cccc(Cl)c2N1. The van der Waals surface area contributed by atoms with Gasteiger partial charge in [0.2, 0.25) is 0 Å². The van der Waals surface area contributed by atoms with E-state index in [-0.39, 0.29) is 5.97 Å². The number of carbonyl (C=O) groups is 1. The van der Waals surface area contributed by atoms with Crippen LogP contribution in [0.15, 0.2) is 18.2 Å². The molecule has 3 nitrogen and oxygen atoms in total. The van der Waals surface area contributed by atoms with Crippen molar-refractivity contribution in [3.8, 4) is 0 Å². The highest BCUT2D eigenvalue weighted by atomic mass is 35.5. The van der Waals surface area contributed by atoms with Crippen molar-refractivity contribution in [2.45, 2.75) is 25.3 Å². The van der Waals surface area contributed by atoms with Crippen LogP contribution in [-0.4, -0.2) is 18.6 Å². The summed E-state index contributed by atoms with van der Waals surface area (Å²) in [6.07, 6.45) is 1.30. The Labute approximate surface area is 99.7 Å². The largest absolute Gasteiger partial charge is 0.467 e. The second-order valence-electron chi connectivity index (χ2n) is 4.00. The highest BCUT2D eigenvalue weighted by Crippen LogP contribution is 2.39. The molecular weight excluding hydrogens is 226 g/mol. The third-order valence-electron chi connectivity index (χ3n) is 3.14. The smallest absolute Gasteiger partial charge is 0.331 e. The molecule has 0 aliphatic carbocycles. The van der Waals surface area contributed by atoms with Crippen LogP contribution in [0.1, 0.15) is 18.9 Å². The quantitative estimate of drug-likeness (QED) is 0.807. The molecule has 16 heavy (non-hydrogen) atoms. The zero-order chi connectivity index (χ0) is 11.8. The van der Waals surface area contributed by atoms with Crippen LogP contribution in [0.3, 0.4) is 0 Å². The fraction of sp³-hybridized carbons (Fsp3) is 0.417. The number of methoxy groups -OCH3 is 1. The summed E-state index contributed by atoms with van der Waals surface area (Å²) in [6.45, 7) is 1.96. The van der Waals surface area contributed by atoms with Gasteiger partial charge in [0, 0.05) is 6.42 Å². The van der Waals surface area contributed by atoms with Gasteiger partial charge in [0.1, 0.15) is 5.54 Å². The van der Waals surface area contributed by atoms with Crippen molar-refractivity contribution in [3.05, 3.63) is 28.8 Å². The molecule has 1 heterocycles. The van der Waals surface area contributed by atoms with Gasteiger partial charge in [-0.25, -0.2) is 4.79 Å². The average Bonchev–Trinajstić information content (AvgIpc) is 2.69. The van der Waals surface area contributed by atoms with E-state index in [2.05, 4.69) is 5.32 Å². The Morgan fingerprint density at radius 3 is 2.94 bits per heavy atom. The van der Waals surface area contributed by atoms with Crippen LogP contribution < -0.4 is 5.32 Å². The van der Waals surface area contributed by atoms with Crippen molar-refractivity contribution in [2.75, 3.05) is 12.4 Å². The van der Waals surface area contributed by atoms with Gasteiger partial charge in [-0.2, -0.15) is 0 Å². The van der Waals surface area contributed by atoms with Crippen molar-refractivity contribution >= 4 is 23.3 Å². The topological polar surface area (TPSA) is 38.3 Å². The molecule has 0 fully saturated rings. The third-order valence-corrected chi connectivity index (χ3v) is 3.45. The first-order valence-electron chi connectivity index (χ1n) is 5.27. The number of halogens is 1. The molecular formula is C12H14ClNO2. The summed E-state index contributed by atoms with van der Waals surface area (Å²) in [6, 6.07) is 5.69. The van der Waals surface area contributed by atoms with E-state index < -0.39 is 5.54 Å². The highest BCUT2D eigenvalue weighted by Gasteiger charge is 2.43. The van der Waals surface area contributed by atoms with E-state index in [4.69, 9.17) is 16.3 Å². The van der Waals surface area contributed by atoms with Gasteiger partial charge in [0.25, 0.3) is 0 Å². The number of rotatable bonds is 2. The first kappa shape index (κ1) is 11.3. The normalized spacial score (nSPS) is 22.4. The molecule has 0 spiro atoms. The van der Waals surface area contributed by atoms with Crippen molar-refractivity contribution in [1.82, 2.24) is 0 Å².